The molecule has 0 aromatic heterocycles. The van der Waals surface area contributed by atoms with Crippen molar-refractivity contribution in [2.45, 2.75) is 88.5 Å². The minimum Gasteiger partial charge on any atom is -0.446 e. The van der Waals surface area contributed by atoms with Gasteiger partial charge in [-0.2, -0.15) is 0 Å². The van der Waals surface area contributed by atoms with E-state index in [2.05, 4.69) is 26.8 Å². The van der Waals surface area contributed by atoms with Crippen LogP contribution in [0.3, 0.4) is 0 Å². The Morgan fingerprint density at radius 1 is 1.15 bits per heavy atom. The second-order valence-corrected chi connectivity index (χ2v) is 10.8. The van der Waals surface area contributed by atoms with E-state index in [1.807, 2.05) is 0 Å². The lowest BCUT2D eigenvalue weighted by Gasteiger charge is -2.43. The zero-order valence-electron chi connectivity index (χ0n) is 21.4. The quantitative estimate of drug-likeness (QED) is 0.425. The van der Waals surface area contributed by atoms with Gasteiger partial charge in [0.05, 0.1) is 18.6 Å². The van der Waals surface area contributed by atoms with Crippen molar-refractivity contribution in [2.24, 2.45) is 5.92 Å². The summed E-state index contributed by atoms with van der Waals surface area (Å²) in [7, 11) is 5.00. The number of carbonyl (C=O) groups excluding carboxylic acids is 2. The Hall–Kier alpha value is -1.84. The van der Waals surface area contributed by atoms with Gasteiger partial charge in [-0.25, -0.2) is 9.59 Å². The number of allylic oxidation sites excluding steroid dienone is 1. The van der Waals surface area contributed by atoms with Crippen LogP contribution in [0.25, 0.3) is 0 Å². The molecule has 1 aliphatic carbocycles. The topological polar surface area (TPSA) is 93.4 Å². The number of carbonyl (C=O) groups is 2. The SMILES string of the molecule is COC1C(OC(=O)N2CCC(OC(=O)N(C)C)CC2)CCC2(CO2)C1[C@@]1(C)O[C@@H]1CC=C(C)C. The molecule has 0 aromatic carbocycles. The fraction of sp³-hybridized carbons (Fsp3) is 0.840. The van der Waals surface area contributed by atoms with Crippen molar-refractivity contribution in [3.05, 3.63) is 11.6 Å². The van der Waals surface area contributed by atoms with E-state index in [4.69, 9.17) is 23.7 Å². The van der Waals surface area contributed by atoms with E-state index in [9.17, 15) is 9.59 Å². The van der Waals surface area contributed by atoms with E-state index in [0.29, 0.717) is 39.0 Å². The van der Waals surface area contributed by atoms with E-state index in [0.717, 1.165) is 12.8 Å². The normalized spacial score (nSPS) is 37.2. The van der Waals surface area contributed by atoms with Crippen LogP contribution < -0.4 is 0 Å². The summed E-state index contributed by atoms with van der Waals surface area (Å²) in [4.78, 5) is 27.9. The largest absolute Gasteiger partial charge is 0.446 e. The Morgan fingerprint density at radius 2 is 1.82 bits per heavy atom. The molecule has 2 amide bonds. The third kappa shape index (κ3) is 5.06. The fourth-order valence-corrected chi connectivity index (χ4v) is 5.68. The van der Waals surface area contributed by atoms with Gasteiger partial charge in [0.1, 0.15) is 29.5 Å². The van der Waals surface area contributed by atoms with Gasteiger partial charge < -0.3 is 33.5 Å². The van der Waals surface area contributed by atoms with Gasteiger partial charge in [0.25, 0.3) is 0 Å². The number of amides is 2. The van der Waals surface area contributed by atoms with Crippen LogP contribution in [0.4, 0.5) is 9.59 Å². The molecule has 3 aliphatic heterocycles. The van der Waals surface area contributed by atoms with Gasteiger partial charge in [-0.3, -0.25) is 0 Å². The first-order valence-corrected chi connectivity index (χ1v) is 12.4. The van der Waals surface area contributed by atoms with Crippen molar-refractivity contribution in [1.82, 2.24) is 9.80 Å². The molecule has 4 fully saturated rings. The summed E-state index contributed by atoms with van der Waals surface area (Å²) in [6, 6.07) is 0. The lowest BCUT2D eigenvalue weighted by Crippen LogP contribution is -2.56. The first-order chi connectivity index (χ1) is 16.1. The molecule has 3 heterocycles. The standard InChI is InChI=1S/C25H40N2O7/c1-16(2)7-8-19-24(3,34-19)21-20(30-6)18(9-12-25(21)15-31-25)33-23(29)27-13-10-17(11-14-27)32-22(28)26(4)5/h7,17-21H,8-15H2,1-6H3/t18?,19-,20?,21?,24+,25?/m1/s1. The third-order valence-corrected chi connectivity index (χ3v) is 7.82. The predicted octanol–water partition coefficient (Wildman–Crippen LogP) is 3.36. The molecule has 3 saturated heterocycles. The highest BCUT2D eigenvalue weighted by Gasteiger charge is 2.72. The highest BCUT2D eigenvalue weighted by molar-refractivity contribution is 5.68. The molecule has 6 atom stereocenters. The Morgan fingerprint density at radius 3 is 2.38 bits per heavy atom. The maximum atomic E-state index is 13.0. The van der Waals surface area contributed by atoms with Crippen LogP contribution in [0.15, 0.2) is 11.6 Å². The van der Waals surface area contributed by atoms with Crippen molar-refractivity contribution in [3.8, 4) is 0 Å². The molecule has 0 bridgehead atoms. The molecule has 192 valence electrons. The van der Waals surface area contributed by atoms with E-state index in [1.165, 1.54) is 10.5 Å². The van der Waals surface area contributed by atoms with Crippen molar-refractivity contribution in [3.63, 3.8) is 0 Å². The van der Waals surface area contributed by atoms with Crippen LogP contribution in [-0.4, -0.2) is 98.5 Å². The third-order valence-electron chi connectivity index (χ3n) is 7.82. The number of hydrogen-bond acceptors (Lipinski definition) is 7. The minimum absolute atomic E-state index is 0.00305. The van der Waals surface area contributed by atoms with Crippen LogP contribution in [-0.2, 0) is 23.7 Å². The highest BCUT2D eigenvalue weighted by atomic mass is 16.6. The number of epoxide rings is 2. The van der Waals surface area contributed by atoms with Crippen LogP contribution in [0.5, 0.6) is 0 Å². The summed E-state index contributed by atoms with van der Waals surface area (Å²) in [5.41, 5.74) is 0.671. The zero-order chi connectivity index (χ0) is 24.7. The van der Waals surface area contributed by atoms with E-state index >= 15 is 0 Å². The van der Waals surface area contributed by atoms with Gasteiger partial charge in [0.15, 0.2) is 0 Å². The molecular weight excluding hydrogens is 440 g/mol. The Kier molecular flexibility index (Phi) is 7.18. The zero-order valence-corrected chi connectivity index (χ0v) is 21.4. The molecule has 4 unspecified atom stereocenters. The number of rotatable bonds is 6. The fourth-order valence-electron chi connectivity index (χ4n) is 5.68. The average molecular weight is 481 g/mol. The van der Waals surface area contributed by atoms with Crippen molar-refractivity contribution >= 4 is 12.2 Å². The molecule has 0 radical (unpaired) electrons. The number of nitrogens with zero attached hydrogens (tertiary/aromatic N) is 2. The van der Waals surface area contributed by atoms with Gasteiger partial charge in [-0.1, -0.05) is 11.6 Å². The summed E-state index contributed by atoms with van der Waals surface area (Å²) in [5, 5.41) is 0. The summed E-state index contributed by atoms with van der Waals surface area (Å²) in [5.74, 6) is 0.00305. The molecule has 4 rings (SSSR count). The Balaban J connectivity index is 1.36. The van der Waals surface area contributed by atoms with Crippen molar-refractivity contribution in [1.29, 1.82) is 0 Å². The van der Waals surface area contributed by atoms with E-state index < -0.39 is 0 Å². The summed E-state index contributed by atoms with van der Waals surface area (Å²) in [6.45, 7) is 8.02. The van der Waals surface area contributed by atoms with E-state index in [-0.39, 0.29) is 53.7 Å². The average Bonchev–Trinajstić information content (AvgIpc) is 3.71. The smallest absolute Gasteiger partial charge is 0.410 e. The van der Waals surface area contributed by atoms with Crippen molar-refractivity contribution in [2.75, 3.05) is 40.9 Å². The van der Waals surface area contributed by atoms with Crippen LogP contribution in [0, 0.1) is 5.92 Å². The summed E-state index contributed by atoms with van der Waals surface area (Å²) in [6.07, 6.45) is 4.40. The number of methoxy groups -OCH3 is 1. The molecule has 1 saturated carbocycles. The van der Waals surface area contributed by atoms with Gasteiger partial charge in [-0.05, 0) is 40.0 Å². The van der Waals surface area contributed by atoms with Gasteiger partial charge in [0, 0.05) is 47.1 Å². The minimum atomic E-state index is -0.358. The molecule has 1 spiro atoms. The number of likely N-dealkylation sites (tertiary alicyclic amines) is 1. The number of piperidine rings is 1. The molecular formula is C25H40N2O7. The Labute approximate surface area is 202 Å². The second-order valence-electron chi connectivity index (χ2n) is 10.8. The maximum Gasteiger partial charge on any atom is 0.410 e. The molecule has 0 aromatic rings. The van der Waals surface area contributed by atoms with Crippen LogP contribution in [0.1, 0.15) is 52.9 Å². The lowest BCUT2D eigenvalue weighted by atomic mass is 9.68. The lowest BCUT2D eigenvalue weighted by molar-refractivity contribution is -0.122. The molecule has 9 heteroatoms. The molecule has 9 nitrogen and oxygen atoms in total. The van der Waals surface area contributed by atoms with Crippen molar-refractivity contribution < 1.29 is 33.3 Å². The van der Waals surface area contributed by atoms with Crippen LogP contribution >= 0.6 is 0 Å². The molecule has 4 aliphatic rings. The summed E-state index contributed by atoms with van der Waals surface area (Å²) < 4.78 is 29.7. The maximum absolute atomic E-state index is 13.0. The van der Waals surface area contributed by atoms with Gasteiger partial charge in [0.2, 0.25) is 0 Å². The number of hydrogen-bond donors (Lipinski definition) is 0. The molecule has 34 heavy (non-hydrogen) atoms. The van der Waals surface area contributed by atoms with Gasteiger partial charge in [-0.15, -0.1) is 0 Å². The predicted molar refractivity (Wildman–Crippen MR) is 125 cm³/mol. The monoisotopic (exact) mass is 480 g/mol. The van der Waals surface area contributed by atoms with Crippen LogP contribution in [0.2, 0.25) is 0 Å². The second kappa shape index (κ2) is 9.66. The van der Waals surface area contributed by atoms with E-state index in [1.54, 1.807) is 26.1 Å². The molecule has 0 N–H and O–H groups in total. The number of ether oxygens (including phenoxy) is 5. The highest BCUT2D eigenvalue weighted by Crippen LogP contribution is 2.59. The van der Waals surface area contributed by atoms with Gasteiger partial charge >= 0.3 is 12.2 Å². The first-order valence-electron chi connectivity index (χ1n) is 12.4. The summed E-state index contributed by atoms with van der Waals surface area (Å²) >= 11 is 0. The first kappa shape index (κ1) is 25.3. The Bertz CT molecular complexity index is 799.